The van der Waals surface area contributed by atoms with Gasteiger partial charge in [0.2, 0.25) is 0 Å². The number of benzene rings is 1. The molecule has 0 aliphatic carbocycles. The van der Waals surface area contributed by atoms with Gasteiger partial charge in [-0.1, -0.05) is 29.8 Å². The molecule has 0 radical (unpaired) electrons. The summed E-state index contributed by atoms with van der Waals surface area (Å²) in [7, 11) is 0. The summed E-state index contributed by atoms with van der Waals surface area (Å²) >= 11 is 12.2. The topological polar surface area (TPSA) is 9.23 Å². The number of rotatable bonds is 6. The van der Waals surface area contributed by atoms with Crippen LogP contribution in [0.1, 0.15) is 32.8 Å². The average molecular weight is 289 g/mol. The van der Waals surface area contributed by atoms with Gasteiger partial charge in [-0.15, -0.1) is 11.6 Å². The molecule has 1 unspecified atom stereocenters. The molecule has 1 aromatic carbocycles. The van der Waals surface area contributed by atoms with Crippen molar-refractivity contribution in [3.8, 4) is 0 Å². The van der Waals surface area contributed by atoms with E-state index in [2.05, 4.69) is 26.8 Å². The molecule has 1 rings (SSSR count). The lowest BCUT2D eigenvalue weighted by Gasteiger charge is -2.22. The van der Waals surface area contributed by atoms with Gasteiger partial charge < -0.3 is 4.74 Å². The van der Waals surface area contributed by atoms with Crippen molar-refractivity contribution in [1.82, 2.24) is 0 Å². The lowest BCUT2D eigenvalue weighted by atomic mass is 9.98. The summed E-state index contributed by atoms with van der Waals surface area (Å²) < 4.78 is 5.74. The van der Waals surface area contributed by atoms with Crippen LogP contribution in [0.25, 0.3) is 0 Å². The second kappa shape index (κ2) is 7.37. The number of ether oxygens (including phenoxy) is 1. The van der Waals surface area contributed by atoms with E-state index in [-0.39, 0.29) is 5.60 Å². The number of hydrogen-bond acceptors (Lipinski definition) is 1. The summed E-state index contributed by atoms with van der Waals surface area (Å²) in [5.41, 5.74) is 1.09. The number of hydrogen-bond donors (Lipinski definition) is 0. The molecule has 0 aromatic heterocycles. The second-order valence-corrected chi connectivity index (χ2v) is 6.28. The minimum Gasteiger partial charge on any atom is -0.376 e. The normalized spacial score (nSPS) is 13.6. The lowest BCUT2D eigenvalue weighted by molar-refractivity contribution is -0.00831. The molecule has 3 heteroatoms. The van der Waals surface area contributed by atoms with Gasteiger partial charge in [0.05, 0.1) is 5.60 Å². The zero-order valence-corrected chi connectivity index (χ0v) is 12.9. The highest BCUT2D eigenvalue weighted by Crippen LogP contribution is 2.22. The molecule has 0 N–H and O–H groups in total. The molecule has 0 saturated heterocycles. The Morgan fingerprint density at radius 3 is 2.44 bits per heavy atom. The van der Waals surface area contributed by atoms with Crippen molar-refractivity contribution in [1.29, 1.82) is 0 Å². The van der Waals surface area contributed by atoms with Crippen molar-refractivity contribution < 1.29 is 4.74 Å². The number of alkyl halides is 1. The first-order chi connectivity index (χ1) is 8.42. The maximum atomic E-state index is 6.16. The molecule has 1 nitrogen and oxygen atoms in total. The largest absolute Gasteiger partial charge is 0.376 e. The summed E-state index contributed by atoms with van der Waals surface area (Å²) in [6.45, 7) is 6.94. The molecule has 0 amide bonds. The monoisotopic (exact) mass is 288 g/mol. The van der Waals surface area contributed by atoms with E-state index < -0.39 is 0 Å². The van der Waals surface area contributed by atoms with Crippen LogP contribution in [-0.2, 0) is 11.2 Å². The van der Waals surface area contributed by atoms with Crippen LogP contribution in [0.15, 0.2) is 24.3 Å². The molecular weight excluding hydrogens is 267 g/mol. The Bertz CT molecular complexity index is 358. The molecule has 0 fully saturated rings. The highest BCUT2D eigenvalue weighted by atomic mass is 35.5. The zero-order valence-electron chi connectivity index (χ0n) is 11.4. The number of halogens is 2. The summed E-state index contributed by atoms with van der Waals surface area (Å²) in [5.74, 6) is 1.05. The van der Waals surface area contributed by atoms with Gasteiger partial charge >= 0.3 is 0 Å². The van der Waals surface area contributed by atoms with E-state index in [4.69, 9.17) is 27.9 Å². The standard InChI is InChI=1S/C15H22Cl2O/c1-15(2,3)18-9-8-12(11-16)10-13-6-4-5-7-14(13)17/h4-7,12H,8-11H2,1-3H3. The van der Waals surface area contributed by atoms with Crippen LogP contribution in [0, 0.1) is 5.92 Å². The fourth-order valence-corrected chi connectivity index (χ4v) is 2.22. The Kier molecular flexibility index (Phi) is 6.48. The Labute approximate surface area is 120 Å². The minimum absolute atomic E-state index is 0.0821. The zero-order chi connectivity index (χ0) is 13.6. The highest BCUT2D eigenvalue weighted by Gasteiger charge is 2.14. The average Bonchev–Trinajstić information content (AvgIpc) is 2.29. The van der Waals surface area contributed by atoms with Gasteiger partial charge in [-0.05, 0) is 51.2 Å². The fraction of sp³-hybridized carbons (Fsp3) is 0.600. The van der Waals surface area contributed by atoms with E-state index in [0.29, 0.717) is 11.8 Å². The van der Waals surface area contributed by atoms with E-state index >= 15 is 0 Å². The summed E-state index contributed by atoms with van der Waals surface area (Å²) in [6, 6.07) is 7.95. The molecule has 18 heavy (non-hydrogen) atoms. The smallest absolute Gasteiger partial charge is 0.0598 e. The third kappa shape index (κ3) is 6.08. The van der Waals surface area contributed by atoms with Crippen LogP contribution < -0.4 is 0 Å². The van der Waals surface area contributed by atoms with Crippen LogP contribution in [0.5, 0.6) is 0 Å². The maximum absolute atomic E-state index is 6.16. The van der Waals surface area contributed by atoms with Crippen molar-refractivity contribution in [2.45, 2.75) is 39.2 Å². The molecule has 0 aliphatic heterocycles. The SMILES string of the molecule is CC(C)(C)OCCC(CCl)Cc1ccccc1Cl. The minimum atomic E-state index is -0.0821. The maximum Gasteiger partial charge on any atom is 0.0598 e. The molecule has 0 spiro atoms. The van der Waals surface area contributed by atoms with Gasteiger partial charge in [0.15, 0.2) is 0 Å². The quantitative estimate of drug-likeness (QED) is 0.674. The van der Waals surface area contributed by atoms with Crippen LogP contribution in [-0.4, -0.2) is 18.1 Å². The van der Waals surface area contributed by atoms with Gasteiger partial charge in [0.1, 0.15) is 0 Å². The molecule has 0 aliphatic rings. The highest BCUT2D eigenvalue weighted by molar-refractivity contribution is 6.31. The first kappa shape index (κ1) is 15.8. The molecule has 1 atom stereocenters. The Morgan fingerprint density at radius 1 is 1.22 bits per heavy atom. The van der Waals surface area contributed by atoms with E-state index in [1.165, 1.54) is 5.56 Å². The van der Waals surface area contributed by atoms with Crippen molar-refractivity contribution >= 4 is 23.2 Å². The van der Waals surface area contributed by atoms with Gasteiger partial charge in [0, 0.05) is 17.5 Å². The Hall–Kier alpha value is -0.240. The third-order valence-electron chi connectivity index (χ3n) is 2.75. The van der Waals surface area contributed by atoms with Crippen molar-refractivity contribution in [2.75, 3.05) is 12.5 Å². The predicted octanol–water partition coefficient (Wildman–Crippen LogP) is 4.94. The summed E-state index contributed by atoms with van der Waals surface area (Å²) in [4.78, 5) is 0. The molecule has 102 valence electrons. The second-order valence-electron chi connectivity index (χ2n) is 5.57. The molecule has 1 aromatic rings. The third-order valence-corrected chi connectivity index (χ3v) is 3.55. The predicted molar refractivity (Wildman–Crippen MR) is 79.7 cm³/mol. The van der Waals surface area contributed by atoms with Gasteiger partial charge in [-0.3, -0.25) is 0 Å². The first-order valence-corrected chi connectivity index (χ1v) is 7.27. The Balaban J connectivity index is 2.45. The van der Waals surface area contributed by atoms with Gasteiger partial charge in [0.25, 0.3) is 0 Å². The summed E-state index contributed by atoms with van der Waals surface area (Å²) in [5, 5.41) is 0.823. The molecular formula is C15H22Cl2O. The van der Waals surface area contributed by atoms with Crippen molar-refractivity contribution in [3.63, 3.8) is 0 Å². The van der Waals surface area contributed by atoms with Crippen LogP contribution in [0.2, 0.25) is 5.02 Å². The lowest BCUT2D eigenvalue weighted by Crippen LogP contribution is -2.21. The van der Waals surface area contributed by atoms with Crippen molar-refractivity contribution in [3.05, 3.63) is 34.9 Å². The van der Waals surface area contributed by atoms with E-state index in [1.54, 1.807) is 0 Å². The fourth-order valence-electron chi connectivity index (χ4n) is 1.74. The van der Waals surface area contributed by atoms with Crippen LogP contribution in [0.3, 0.4) is 0 Å². The van der Waals surface area contributed by atoms with E-state index in [1.807, 2.05) is 18.2 Å². The van der Waals surface area contributed by atoms with E-state index in [0.717, 1.165) is 24.5 Å². The molecule has 0 saturated carbocycles. The first-order valence-electron chi connectivity index (χ1n) is 6.35. The van der Waals surface area contributed by atoms with Crippen LogP contribution >= 0.6 is 23.2 Å². The molecule has 0 bridgehead atoms. The summed E-state index contributed by atoms with van der Waals surface area (Å²) in [6.07, 6.45) is 1.88. The van der Waals surface area contributed by atoms with Gasteiger partial charge in [-0.2, -0.15) is 0 Å². The molecule has 0 heterocycles. The Morgan fingerprint density at radius 2 is 1.89 bits per heavy atom. The van der Waals surface area contributed by atoms with Crippen molar-refractivity contribution in [2.24, 2.45) is 5.92 Å². The van der Waals surface area contributed by atoms with Crippen LogP contribution in [0.4, 0.5) is 0 Å². The van der Waals surface area contributed by atoms with Gasteiger partial charge in [-0.25, -0.2) is 0 Å². The van der Waals surface area contributed by atoms with E-state index in [9.17, 15) is 0 Å².